The van der Waals surface area contributed by atoms with E-state index in [4.69, 9.17) is 0 Å². The van der Waals surface area contributed by atoms with Crippen molar-refractivity contribution in [3.8, 4) is 0 Å². The van der Waals surface area contributed by atoms with Gasteiger partial charge in [0.25, 0.3) is 0 Å². The summed E-state index contributed by atoms with van der Waals surface area (Å²) in [5.74, 6) is 0.363. The zero-order valence-corrected chi connectivity index (χ0v) is 22.5. The number of unbranched alkanes of at least 4 members (excludes halogenated alkanes) is 7. The second-order valence-electron chi connectivity index (χ2n) is 9.87. The monoisotopic (exact) mass is 510 g/mol. The fraction of sp³-hybridized carbons (Fsp3) is 0.852. The van der Waals surface area contributed by atoms with Gasteiger partial charge in [-0.05, 0) is 51.4 Å². The molecule has 0 bridgehead atoms. The minimum Gasteiger partial charge on any atom is -0.391 e. The third kappa shape index (κ3) is 17.3. The molecule has 1 heterocycles. The molecule has 1 atom stereocenters. The first-order valence-corrected chi connectivity index (χ1v) is 14.2. The van der Waals surface area contributed by atoms with Gasteiger partial charge >= 0.3 is 0 Å². The molecular weight excluding hydrogens is 460 g/mol. The van der Waals surface area contributed by atoms with Gasteiger partial charge in [-0.2, -0.15) is 0 Å². The normalized spacial score (nSPS) is 15.1. The Kier molecular flexibility index (Phi) is 18.6. The summed E-state index contributed by atoms with van der Waals surface area (Å²) in [6, 6.07) is 0. The van der Waals surface area contributed by atoms with Crippen molar-refractivity contribution >= 4 is 23.6 Å². The number of β-amino-alcohol motifs (C(OH)–C–C–N with tert-alkyl or cyclic N) is 1. The summed E-state index contributed by atoms with van der Waals surface area (Å²) in [6.45, 7) is 5.15. The van der Waals surface area contributed by atoms with Crippen LogP contribution in [0.5, 0.6) is 0 Å². The van der Waals surface area contributed by atoms with Crippen molar-refractivity contribution in [2.45, 2.75) is 116 Å². The minimum absolute atomic E-state index is 0.0581. The summed E-state index contributed by atoms with van der Waals surface area (Å²) in [7, 11) is 0. The van der Waals surface area contributed by atoms with Crippen molar-refractivity contribution in [3.63, 3.8) is 0 Å². The van der Waals surface area contributed by atoms with Crippen LogP contribution < -0.4 is 16.0 Å². The van der Waals surface area contributed by atoms with Crippen molar-refractivity contribution in [1.82, 2.24) is 20.9 Å². The number of rotatable bonds is 21. The lowest BCUT2D eigenvalue weighted by Crippen LogP contribution is -2.29. The molecule has 1 aliphatic heterocycles. The van der Waals surface area contributed by atoms with E-state index in [2.05, 4.69) is 22.9 Å². The highest BCUT2D eigenvalue weighted by Gasteiger charge is 2.23. The molecule has 0 aliphatic carbocycles. The lowest BCUT2D eigenvalue weighted by molar-refractivity contribution is -0.130. The summed E-state index contributed by atoms with van der Waals surface area (Å²) >= 11 is 0. The number of likely N-dealkylation sites (tertiary alicyclic amines) is 1. The van der Waals surface area contributed by atoms with Crippen LogP contribution in [-0.4, -0.2) is 72.5 Å². The number of carbonyl (C=O) groups excluding carboxylic acids is 4. The Morgan fingerprint density at radius 2 is 1.11 bits per heavy atom. The van der Waals surface area contributed by atoms with Gasteiger partial charge in [-0.15, -0.1) is 0 Å². The summed E-state index contributed by atoms with van der Waals surface area (Å²) in [5, 5.41) is 18.3. The SMILES string of the molecule is CCCCC(=O)NCCCCCC(=O)NCCCCCC(=O)NCCCCCC(=O)N1CCC(O)C1. The second-order valence-corrected chi connectivity index (χ2v) is 9.87. The third-order valence-electron chi connectivity index (χ3n) is 6.47. The highest BCUT2D eigenvalue weighted by Crippen LogP contribution is 2.12. The molecule has 4 N–H and O–H groups in total. The molecule has 0 spiro atoms. The smallest absolute Gasteiger partial charge is 0.222 e. The number of hydrogen-bond acceptors (Lipinski definition) is 5. The highest BCUT2D eigenvalue weighted by atomic mass is 16.3. The Bertz CT molecular complexity index is 644. The van der Waals surface area contributed by atoms with E-state index in [-0.39, 0.29) is 29.7 Å². The molecule has 0 saturated carbocycles. The Morgan fingerprint density at radius 1 is 0.667 bits per heavy atom. The molecule has 0 aromatic carbocycles. The molecule has 0 aromatic rings. The molecule has 9 heteroatoms. The zero-order chi connectivity index (χ0) is 26.4. The molecule has 36 heavy (non-hydrogen) atoms. The van der Waals surface area contributed by atoms with Gasteiger partial charge in [-0.3, -0.25) is 19.2 Å². The topological polar surface area (TPSA) is 128 Å². The van der Waals surface area contributed by atoms with Crippen molar-refractivity contribution in [2.24, 2.45) is 0 Å². The molecule has 1 saturated heterocycles. The largest absolute Gasteiger partial charge is 0.391 e. The first-order chi connectivity index (χ1) is 17.4. The average Bonchev–Trinajstić information content (AvgIpc) is 3.30. The number of nitrogens with zero attached hydrogens (tertiary/aromatic N) is 1. The molecule has 1 rings (SSSR count). The molecule has 1 fully saturated rings. The van der Waals surface area contributed by atoms with Crippen LogP contribution in [0, 0.1) is 0 Å². The number of aliphatic hydroxyl groups excluding tert-OH is 1. The van der Waals surface area contributed by atoms with E-state index in [1.165, 1.54) is 0 Å². The molecule has 4 amide bonds. The fourth-order valence-electron chi connectivity index (χ4n) is 4.17. The van der Waals surface area contributed by atoms with Crippen LogP contribution in [0.25, 0.3) is 0 Å². The molecule has 0 radical (unpaired) electrons. The van der Waals surface area contributed by atoms with Crippen LogP contribution in [0.15, 0.2) is 0 Å². The van der Waals surface area contributed by atoms with Crippen molar-refractivity contribution in [2.75, 3.05) is 32.7 Å². The zero-order valence-electron chi connectivity index (χ0n) is 22.5. The fourth-order valence-corrected chi connectivity index (χ4v) is 4.17. The van der Waals surface area contributed by atoms with E-state index in [0.29, 0.717) is 64.8 Å². The second kappa shape index (κ2) is 21.0. The van der Waals surface area contributed by atoms with E-state index in [1.54, 1.807) is 4.90 Å². The van der Waals surface area contributed by atoms with Crippen LogP contribution in [-0.2, 0) is 19.2 Å². The van der Waals surface area contributed by atoms with E-state index in [1.807, 2.05) is 0 Å². The van der Waals surface area contributed by atoms with Gasteiger partial charge in [0.05, 0.1) is 6.10 Å². The predicted octanol–water partition coefficient (Wildman–Crippen LogP) is 2.80. The Balaban J connectivity index is 1.83. The Labute approximate surface area is 217 Å². The summed E-state index contributed by atoms with van der Waals surface area (Å²) in [4.78, 5) is 49.0. The van der Waals surface area contributed by atoms with Gasteiger partial charge in [0, 0.05) is 58.4 Å². The summed E-state index contributed by atoms with van der Waals surface area (Å²) in [6.07, 6.45) is 12.2. The van der Waals surface area contributed by atoms with Crippen molar-refractivity contribution in [3.05, 3.63) is 0 Å². The van der Waals surface area contributed by atoms with Crippen LogP contribution in [0.2, 0.25) is 0 Å². The van der Waals surface area contributed by atoms with Gasteiger partial charge in [-0.1, -0.05) is 32.6 Å². The lowest BCUT2D eigenvalue weighted by atomic mass is 10.1. The number of carbonyl (C=O) groups is 4. The quantitative estimate of drug-likeness (QED) is 0.177. The van der Waals surface area contributed by atoms with Gasteiger partial charge in [-0.25, -0.2) is 0 Å². The van der Waals surface area contributed by atoms with Crippen LogP contribution in [0.4, 0.5) is 0 Å². The lowest BCUT2D eigenvalue weighted by Gasteiger charge is -2.15. The Morgan fingerprint density at radius 3 is 1.53 bits per heavy atom. The first kappa shape index (κ1) is 31.9. The van der Waals surface area contributed by atoms with Crippen molar-refractivity contribution in [1.29, 1.82) is 0 Å². The first-order valence-electron chi connectivity index (χ1n) is 14.2. The maximum atomic E-state index is 12.0. The molecule has 1 unspecified atom stereocenters. The Hall–Kier alpha value is -2.16. The molecular formula is C27H50N4O5. The number of nitrogens with one attached hydrogen (secondary N) is 3. The number of amides is 4. The average molecular weight is 511 g/mol. The van der Waals surface area contributed by atoms with Crippen molar-refractivity contribution < 1.29 is 24.3 Å². The predicted molar refractivity (Wildman–Crippen MR) is 141 cm³/mol. The van der Waals surface area contributed by atoms with Gasteiger partial charge in [0.15, 0.2) is 0 Å². The number of hydrogen-bond donors (Lipinski definition) is 4. The van der Waals surface area contributed by atoms with Crippen LogP contribution >= 0.6 is 0 Å². The van der Waals surface area contributed by atoms with E-state index in [0.717, 1.165) is 70.6 Å². The summed E-state index contributed by atoms with van der Waals surface area (Å²) in [5.41, 5.74) is 0. The molecule has 1 aliphatic rings. The third-order valence-corrected chi connectivity index (χ3v) is 6.47. The van der Waals surface area contributed by atoms with E-state index in [9.17, 15) is 24.3 Å². The minimum atomic E-state index is -0.369. The molecule has 208 valence electrons. The number of aliphatic hydroxyl groups is 1. The maximum absolute atomic E-state index is 12.0. The van der Waals surface area contributed by atoms with Crippen LogP contribution in [0.1, 0.15) is 110 Å². The van der Waals surface area contributed by atoms with Crippen LogP contribution in [0.3, 0.4) is 0 Å². The maximum Gasteiger partial charge on any atom is 0.222 e. The van der Waals surface area contributed by atoms with E-state index >= 15 is 0 Å². The summed E-state index contributed by atoms with van der Waals surface area (Å²) < 4.78 is 0. The van der Waals surface area contributed by atoms with Gasteiger partial charge in [0.1, 0.15) is 0 Å². The molecule has 0 aromatic heterocycles. The standard InChI is InChI=1S/C27H50N4O5/c1-2-3-13-24(33)28-18-10-4-7-14-25(34)29-19-11-5-8-15-26(35)30-20-12-6-9-16-27(36)31-21-17-23(32)22-31/h23,32H,2-22H2,1H3,(H,28,33)(H,29,34)(H,30,35). The van der Waals surface area contributed by atoms with Gasteiger partial charge in [0.2, 0.25) is 23.6 Å². The highest BCUT2D eigenvalue weighted by molar-refractivity contribution is 5.77. The van der Waals surface area contributed by atoms with Gasteiger partial charge < -0.3 is 26.0 Å². The van der Waals surface area contributed by atoms with E-state index < -0.39 is 0 Å². The molecule has 9 nitrogen and oxygen atoms in total.